The van der Waals surface area contributed by atoms with Crippen molar-refractivity contribution in [3.05, 3.63) is 9.81 Å². The van der Waals surface area contributed by atoms with E-state index in [0.29, 0.717) is 10.5 Å². The van der Waals surface area contributed by atoms with Crippen LogP contribution in [0.4, 0.5) is 0 Å². The second-order valence-electron chi connectivity index (χ2n) is 12.9. The number of hydrogen-bond donors (Lipinski definition) is 0. The van der Waals surface area contributed by atoms with Crippen molar-refractivity contribution in [1.29, 1.82) is 0 Å². The number of carbonyl (C=O) groups is 2. The van der Waals surface area contributed by atoms with Gasteiger partial charge in [0.25, 0.3) is 11.8 Å². The first-order valence-corrected chi connectivity index (χ1v) is 16.5. The highest BCUT2D eigenvalue weighted by atomic mass is 32.2. The van der Waals surface area contributed by atoms with E-state index in [-0.39, 0.29) is 11.8 Å². The normalized spacial score (nSPS) is 34.7. The standard InChI is InChI=1S/C30H49NO2S2/c1-21-12-9-14-22-13-7-5-6-8-17-25(20-22)35-27-26(28(32)31(29(27)33)30(2,3)4)34-24-18-10-15-23(21)16-11-19-24/h21-25H,5-20H2,1-4H3/t21-,22-,23?,24?,25?/m1/s1. The summed E-state index contributed by atoms with van der Waals surface area (Å²) in [5.41, 5.74) is -0.480. The van der Waals surface area contributed by atoms with Crippen LogP contribution in [-0.4, -0.2) is 32.8 Å². The van der Waals surface area contributed by atoms with Crippen LogP contribution in [0.5, 0.6) is 0 Å². The van der Waals surface area contributed by atoms with Crippen molar-refractivity contribution in [2.45, 2.75) is 146 Å². The van der Waals surface area contributed by atoms with E-state index in [2.05, 4.69) is 6.92 Å². The lowest BCUT2D eigenvalue weighted by molar-refractivity contribution is -0.142. The van der Waals surface area contributed by atoms with Gasteiger partial charge in [0.05, 0.1) is 9.81 Å². The number of imide groups is 1. The minimum atomic E-state index is -0.480. The second-order valence-corrected chi connectivity index (χ2v) is 15.5. The second kappa shape index (κ2) is 12.4. The molecule has 1 unspecified atom stereocenters. The lowest BCUT2D eigenvalue weighted by Crippen LogP contribution is -2.46. The fourth-order valence-corrected chi connectivity index (χ4v) is 9.88. The topological polar surface area (TPSA) is 37.4 Å². The third kappa shape index (κ3) is 7.12. The van der Waals surface area contributed by atoms with Crippen LogP contribution in [0, 0.1) is 17.8 Å². The SMILES string of the molecule is C[C@@H]1CCC[C@H]2CCCCCCC(C2)SC2=C(SC3CCCC1CCC3)C(=O)N(C(C)(C)C)C2=O. The quantitative estimate of drug-likeness (QED) is 0.300. The first-order chi connectivity index (χ1) is 16.7. The number of fused-ring (bicyclic) bond motifs is 7. The molecule has 3 heterocycles. The highest BCUT2D eigenvalue weighted by molar-refractivity contribution is 8.08. The molecule has 0 aromatic carbocycles. The molecular formula is C30H49NO2S2. The summed E-state index contributed by atoms with van der Waals surface area (Å²) in [6.45, 7) is 8.52. The van der Waals surface area contributed by atoms with Gasteiger partial charge in [-0.05, 0) is 64.2 Å². The van der Waals surface area contributed by atoms with Gasteiger partial charge >= 0.3 is 0 Å². The maximum Gasteiger partial charge on any atom is 0.269 e. The summed E-state index contributed by atoms with van der Waals surface area (Å²) in [5.74, 6) is 2.44. The van der Waals surface area contributed by atoms with Crippen molar-refractivity contribution in [3.63, 3.8) is 0 Å². The zero-order chi connectivity index (χ0) is 25.0. The molecule has 2 fully saturated rings. The van der Waals surface area contributed by atoms with Crippen molar-refractivity contribution < 1.29 is 9.59 Å². The van der Waals surface area contributed by atoms with Crippen LogP contribution in [0.3, 0.4) is 0 Å². The maximum atomic E-state index is 13.7. The lowest BCUT2D eigenvalue weighted by Gasteiger charge is -2.31. The number of rotatable bonds is 0. The Kier molecular flexibility index (Phi) is 9.79. The molecule has 3 atom stereocenters. The van der Waals surface area contributed by atoms with E-state index in [0.717, 1.165) is 27.6 Å². The van der Waals surface area contributed by atoms with Gasteiger partial charge in [0.15, 0.2) is 0 Å². The van der Waals surface area contributed by atoms with Crippen molar-refractivity contribution >= 4 is 35.3 Å². The molecule has 4 bridgehead atoms. The third-order valence-electron chi connectivity index (χ3n) is 9.00. The summed E-state index contributed by atoms with van der Waals surface area (Å²) in [4.78, 5) is 30.6. The van der Waals surface area contributed by atoms with Crippen LogP contribution < -0.4 is 0 Å². The molecule has 3 nitrogen and oxygen atoms in total. The minimum Gasteiger partial charge on any atom is -0.268 e. The highest BCUT2D eigenvalue weighted by Crippen LogP contribution is 2.47. The van der Waals surface area contributed by atoms with Crippen LogP contribution in [0.15, 0.2) is 9.81 Å². The Morgan fingerprint density at radius 3 is 1.80 bits per heavy atom. The van der Waals surface area contributed by atoms with Crippen molar-refractivity contribution in [2.24, 2.45) is 17.8 Å². The summed E-state index contributed by atoms with van der Waals surface area (Å²) in [5, 5.41) is 0.930. The van der Waals surface area contributed by atoms with Gasteiger partial charge in [-0.25, -0.2) is 0 Å². The molecule has 198 valence electrons. The van der Waals surface area contributed by atoms with Crippen LogP contribution >= 0.6 is 23.5 Å². The number of thioether (sulfide) groups is 2. The monoisotopic (exact) mass is 519 g/mol. The van der Waals surface area contributed by atoms with E-state index >= 15 is 0 Å². The molecule has 2 saturated carbocycles. The molecule has 0 radical (unpaired) electrons. The molecule has 5 heteroatoms. The molecule has 0 aromatic rings. The maximum absolute atomic E-state index is 13.7. The Bertz CT molecular complexity index is 776. The molecule has 0 saturated heterocycles. The molecule has 0 aromatic heterocycles. The highest BCUT2D eigenvalue weighted by Gasteiger charge is 2.45. The van der Waals surface area contributed by atoms with Crippen molar-refractivity contribution in [2.75, 3.05) is 0 Å². The molecular weight excluding hydrogens is 470 g/mol. The summed E-state index contributed by atoms with van der Waals surface area (Å²) in [7, 11) is 0. The van der Waals surface area contributed by atoms with Gasteiger partial charge in [-0.1, -0.05) is 84.0 Å². The molecule has 2 aliphatic carbocycles. The summed E-state index contributed by atoms with van der Waals surface area (Å²) in [6.07, 6.45) is 20.7. The minimum absolute atomic E-state index is 0.0210. The van der Waals surface area contributed by atoms with E-state index in [4.69, 9.17) is 0 Å². The van der Waals surface area contributed by atoms with Gasteiger partial charge in [0.2, 0.25) is 0 Å². The van der Waals surface area contributed by atoms with Gasteiger partial charge < -0.3 is 0 Å². The molecule has 5 aliphatic rings. The zero-order valence-corrected chi connectivity index (χ0v) is 24.4. The van der Waals surface area contributed by atoms with Crippen LogP contribution in [0.25, 0.3) is 0 Å². The van der Waals surface area contributed by atoms with Crippen LogP contribution in [0.2, 0.25) is 0 Å². The van der Waals surface area contributed by atoms with Gasteiger partial charge in [0, 0.05) is 16.0 Å². The molecule has 5 rings (SSSR count). The largest absolute Gasteiger partial charge is 0.269 e. The van der Waals surface area contributed by atoms with Crippen molar-refractivity contribution in [3.8, 4) is 0 Å². The Labute approximate surface area is 223 Å². The predicted octanol–water partition coefficient (Wildman–Crippen LogP) is 8.72. The average Bonchev–Trinajstić information content (AvgIpc) is 3.06. The first kappa shape index (κ1) is 27.6. The lowest BCUT2D eigenvalue weighted by atomic mass is 9.79. The summed E-state index contributed by atoms with van der Waals surface area (Å²) < 4.78 is 0. The average molecular weight is 520 g/mol. The number of hydrogen-bond acceptors (Lipinski definition) is 4. The van der Waals surface area contributed by atoms with Gasteiger partial charge in [-0.3, -0.25) is 14.5 Å². The number of nitrogens with zero attached hydrogens (tertiary/aromatic N) is 1. The van der Waals surface area contributed by atoms with E-state index in [1.54, 1.807) is 28.4 Å². The smallest absolute Gasteiger partial charge is 0.268 e. The first-order valence-electron chi connectivity index (χ1n) is 14.7. The Morgan fingerprint density at radius 1 is 0.657 bits per heavy atom. The Morgan fingerprint density at radius 2 is 1.17 bits per heavy atom. The fraction of sp³-hybridized carbons (Fsp3) is 0.867. The van der Waals surface area contributed by atoms with Gasteiger partial charge in [-0.2, -0.15) is 0 Å². The number of carbonyl (C=O) groups excluding carboxylic acids is 2. The van der Waals surface area contributed by atoms with E-state index in [1.807, 2.05) is 20.8 Å². The van der Waals surface area contributed by atoms with E-state index in [9.17, 15) is 9.59 Å². The van der Waals surface area contributed by atoms with Crippen LogP contribution in [-0.2, 0) is 9.59 Å². The van der Waals surface area contributed by atoms with E-state index < -0.39 is 5.54 Å². The molecule has 35 heavy (non-hydrogen) atoms. The zero-order valence-electron chi connectivity index (χ0n) is 22.8. The Hall–Kier alpha value is -0.420. The number of amides is 2. The Balaban J connectivity index is 1.66. The molecule has 0 N–H and O–H groups in total. The summed E-state index contributed by atoms with van der Waals surface area (Å²) >= 11 is 3.56. The summed E-state index contributed by atoms with van der Waals surface area (Å²) in [6, 6.07) is 0. The van der Waals surface area contributed by atoms with Gasteiger partial charge in [-0.15, -0.1) is 23.5 Å². The molecule has 2 amide bonds. The van der Waals surface area contributed by atoms with E-state index in [1.165, 1.54) is 103 Å². The molecule has 3 aliphatic heterocycles. The van der Waals surface area contributed by atoms with Crippen LogP contribution in [0.1, 0.15) is 130 Å². The van der Waals surface area contributed by atoms with Gasteiger partial charge in [0.1, 0.15) is 0 Å². The fourth-order valence-electron chi connectivity index (χ4n) is 6.93. The third-order valence-corrected chi connectivity index (χ3v) is 11.9. The molecule has 0 spiro atoms. The predicted molar refractivity (Wildman–Crippen MR) is 151 cm³/mol. The van der Waals surface area contributed by atoms with Crippen molar-refractivity contribution in [1.82, 2.24) is 4.90 Å².